The van der Waals surface area contributed by atoms with Crippen molar-refractivity contribution in [2.45, 2.75) is 19.5 Å². The van der Waals surface area contributed by atoms with Gasteiger partial charge in [0, 0.05) is 28.9 Å². The molecule has 2 heterocycles. The monoisotopic (exact) mass is 306 g/mol. The van der Waals surface area contributed by atoms with Crippen molar-refractivity contribution in [2.24, 2.45) is 0 Å². The molecule has 1 aliphatic rings. The smallest absolute Gasteiger partial charge is 0.227 e. The van der Waals surface area contributed by atoms with E-state index >= 15 is 0 Å². The molecule has 5 nitrogen and oxygen atoms in total. The van der Waals surface area contributed by atoms with Crippen LogP contribution in [0.2, 0.25) is 5.02 Å². The van der Waals surface area contributed by atoms with E-state index in [9.17, 15) is 9.18 Å². The number of nitrogen functional groups attached to an aromatic ring is 1. The van der Waals surface area contributed by atoms with Crippen molar-refractivity contribution in [1.82, 2.24) is 14.9 Å². The normalized spacial score (nSPS) is 13.3. The number of amides is 1. The number of benzene rings is 1. The lowest BCUT2D eigenvalue weighted by Gasteiger charge is -2.15. The largest absolute Gasteiger partial charge is 0.368 e. The molecule has 7 heteroatoms. The predicted octanol–water partition coefficient (Wildman–Crippen LogP) is 1.94. The van der Waals surface area contributed by atoms with Gasteiger partial charge >= 0.3 is 0 Å². The van der Waals surface area contributed by atoms with Gasteiger partial charge in [-0.2, -0.15) is 0 Å². The Balaban J connectivity index is 1.76. The number of carbonyl (C=O) groups excluding carboxylic acids is 1. The van der Waals surface area contributed by atoms with Crippen molar-refractivity contribution in [1.29, 1.82) is 0 Å². The van der Waals surface area contributed by atoms with Gasteiger partial charge in [0.2, 0.25) is 11.9 Å². The topological polar surface area (TPSA) is 72.1 Å². The van der Waals surface area contributed by atoms with Gasteiger partial charge in [0.05, 0.1) is 18.7 Å². The van der Waals surface area contributed by atoms with Gasteiger partial charge in [-0.25, -0.2) is 14.4 Å². The maximum Gasteiger partial charge on any atom is 0.227 e. The third kappa shape index (κ3) is 2.67. The average Bonchev–Trinajstić information content (AvgIpc) is 2.86. The predicted molar refractivity (Wildman–Crippen MR) is 75.8 cm³/mol. The molecule has 1 aliphatic heterocycles. The van der Waals surface area contributed by atoms with Gasteiger partial charge in [-0.1, -0.05) is 17.7 Å². The van der Waals surface area contributed by atoms with Crippen molar-refractivity contribution in [2.75, 3.05) is 5.73 Å². The standard InChI is InChI=1S/C14H12ClFN4O/c15-10-2-1-3-11(16)9(10)4-13(21)20-6-8-5-18-14(17)19-12(8)7-20/h1-3,5H,4,6-7H2,(H2,17,18,19). The number of hydrogen-bond acceptors (Lipinski definition) is 4. The molecule has 1 amide bonds. The molecule has 1 aromatic carbocycles. The summed E-state index contributed by atoms with van der Waals surface area (Å²) in [6.45, 7) is 0.757. The summed E-state index contributed by atoms with van der Waals surface area (Å²) < 4.78 is 13.7. The molecule has 0 spiro atoms. The van der Waals surface area contributed by atoms with Crippen LogP contribution in [0.3, 0.4) is 0 Å². The summed E-state index contributed by atoms with van der Waals surface area (Å²) in [5, 5.41) is 0.254. The Kier molecular flexibility index (Phi) is 3.47. The minimum absolute atomic E-state index is 0.0809. The molecule has 0 fully saturated rings. The quantitative estimate of drug-likeness (QED) is 0.920. The van der Waals surface area contributed by atoms with Crippen LogP contribution in [0, 0.1) is 5.82 Å². The zero-order valence-corrected chi connectivity index (χ0v) is 11.8. The molecule has 0 saturated carbocycles. The summed E-state index contributed by atoms with van der Waals surface area (Å²) in [7, 11) is 0. The highest BCUT2D eigenvalue weighted by atomic mass is 35.5. The number of aromatic nitrogens is 2. The number of halogens is 2. The molecule has 0 radical (unpaired) electrons. The van der Waals surface area contributed by atoms with Gasteiger partial charge in [0.1, 0.15) is 5.82 Å². The van der Waals surface area contributed by atoms with Crippen LogP contribution in [-0.2, 0) is 24.3 Å². The van der Waals surface area contributed by atoms with Gasteiger partial charge < -0.3 is 10.6 Å². The molecule has 0 bridgehead atoms. The first-order valence-corrected chi connectivity index (χ1v) is 6.73. The molecule has 0 unspecified atom stereocenters. The second-order valence-corrected chi connectivity index (χ2v) is 5.23. The Labute approximate surface area is 125 Å². The van der Waals surface area contributed by atoms with Crippen molar-refractivity contribution in [3.8, 4) is 0 Å². The number of nitrogens with two attached hydrogens (primary N) is 1. The van der Waals surface area contributed by atoms with Crippen molar-refractivity contribution < 1.29 is 9.18 Å². The van der Waals surface area contributed by atoms with E-state index in [1.165, 1.54) is 12.1 Å². The van der Waals surface area contributed by atoms with Crippen LogP contribution in [0.15, 0.2) is 24.4 Å². The highest BCUT2D eigenvalue weighted by Gasteiger charge is 2.26. The zero-order chi connectivity index (χ0) is 15.0. The first-order valence-electron chi connectivity index (χ1n) is 6.35. The van der Waals surface area contributed by atoms with Crippen LogP contribution >= 0.6 is 11.6 Å². The molecule has 2 aromatic rings. The number of anilines is 1. The van der Waals surface area contributed by atoms with E-state index in [-0.39, 0.29) is 28.9 Å². The lowest BCUT2D eigenvalue weighted by Crippen LogP contribution is -2.27. The number of fused-ring (bicyclic) bond motifs is 1. The molecule has 3 rings (SSSR count). The molecule has 108 valence electrons. The van der Waals surface area contributed by atoms with Crippen molar-refractivity contribution in [3.63, 3.8) is 0 Å². The number of nitrogens with zero attached hydrogens (tertiary/aromatic N) is 3. The minimum Gasteiger partial charge on any atom is -0.368 e. The second kappa shape index (κ2) is 5.29. The minimum atomic E-state index is -0.475. The Morgan fingerprint density at radius 1 is 1.43 bits per heavy atom. The molecule has 1 aromatic heterocycles. The van der Waals surface area contributed by atoms with E-state index in [2.05, 4.69) is 9.97 Å². The third-order valence-electron chi connectivity index (χ3n) is 3.42. The fourth-order valence-electron chi connectivity index (χ4n) is 2.31. The fraction of sp³-hybridized carbons (Fsp3) is 0.214. The summed E-state index contributed by atoms with van der Waals surface area (Å²) in [4.78, 5) is 21.9. The first kappa shape index (κ1) is 13.8. The number of rotatable bonds is 2. The van der Waals surface area contributed by atoms with Crippen LogP contribution in [0.1, 0.15) is 16.8 Å². The van der Waals surface area contributed by atoms with E-state index in [1.807, 2.05) is 0 Å². The highest BCUT2D eigenvalue weighted by molar-refractivity contribution is 6.31. The van der Waals surface area contributed by atoms with Gasteiger partial charge in [-0.3, -0.25) is 4.79 Å². The number of hydrogen-bond donors (Lipinski definition) is 1. The Morgan fingerprint density at radius 3 is 3.00 bits per heavy atom. The van der Waals surface area contributed by atoms with Crippen LogP contribution in [0.4, 0.5) is 10.3 Å². The molecule has 0 atom stereocenters. The summed E-state index contributed by atoms with van der Waals surface area (Å²) in [5.41, 5.74) is 7.33. The van der Waals surface area contributed by atoms with E-state index in [4.69, 9.17) is 17.3 Å². The van der Waals surface area contributed by atoms with Gasteiger partial charge in [-0.05, 0) is 12.1 Å². The third-order valence-corrected chi connectivity index (χ3v) is 3.77. The van der Waals surface area contributed by atoms with Crippen LogP contribution in [-0.4, -0.2) is 20.8 Å². The van der Waals surface area contributed by atoms with E-state index < -0.39 is 5.82 Å². The first-order chi connectivity index (χ1) is 10.0. The van der Waals surface area contributed by atoms with Crippen molar-refractivity contribution >= 4 is 23.5 Å². The van der Waals surface area contributed by atoms with Crippen LogP contribution in [0.5, 0.6) is 0 Å². The number of carbonyl (C=O) groups is 1. The van der Waals surface area contributed by atoms with Gasteiger partial charge in [0.25, 0.3) is 0 Å². The maximum absolute atomic E-state index is 13.7. The van der Waals surface area contributed by atoms with Crippen LogP contribution < -0.4 is 5.73 Å². The summed E-state index contributed by atoms with van der Waals surface area (Å²) >= 11 is 5.94. The Morgan fingerprint density at radius 2 is 2.24 bits per heavy atom. The average molecular weight is 307 g/mol. The zero-order valence-electron chi connectivity index (χ0n) is 11.0. The molecular weight excluding hydrogens is 295 g/mol. The maximum atomic E-state index is 13.7. The van der Waals surface area contributed by atoms with Gasteiger partial charge in [-0.15, -0.1) is 0 Å². The molecule has 21 heavy (non-hydrogen) atoms. The highest BCUT2D eigenvalue weighted by Crippen LogP contribution is 2.24. The molecule has 0 saturated heterocycles. The molecular formula is C14H12ClFN4O. The Hall–Kier alpha value is -2.21. The summed E-state index contributed by atoms with van der Waals surface area (Å²) in [6, 6.07) is 4.37. The van der Waals surface area contributed by atoms with E-state index in [0.29, 0.717) is 13.1 Å². The SMILES string of the molecule is Nc1ncc2c(n1)CN(C(=O)Cc1c(F)cccc1Cl)C2. The molecule has 0 aliphatic carbocycles. The van der Waals surface area contributed by atoms with E-state index in [1.54, 1.807) is 17.2 Å². The van der Waals surface area contributed by atoms with Crippen molar-refractivity contribution in [3.05, 3.63) is 52.1 Å². The lowest BCUT2D eigenvalue weighted by atomic mass is 10.1. The fourth-order valence-corrected chi connectivity index (χ4v) is 2.54. The van der Waals surface area contributed by atoms with E-state index in [0.717, 1.165) is 11.3 Å². The lowest BCUT2D eigenvalue weighted by molar-refractivity contribution is -0.131. The Bertz CT molecular complexity index is 702. The van der Waals surface area contributed by atoms with Gasteiger partial charge in [0.15, 0.2) is 0 Å². The van der Waals surface area contributed by atoms with Crippen LogP contribution in [0.25, 0.3) is 0 Å². The second-order valence-electron chi connectivity index (χ2n) is 4.83. The summed E-state index contributed by atoms with van der Waals surface area (Å²) in [6.07, 6.45) is 1.53. The molecule has 2 N–H and O–H groups in total. The summed E-state index contributed by atoms with van der Waals surface area (Å²) in [5.74, 6) is -0.504.